The van der Waals surface area contributed by atoms with E-state index < -0.39 is 0 Å². The molecule has 1 aromatic rings. The summed E-state index contributed by atoms with van der Waals surface area (Å²) in [6, 6.07) is 0.440. The predicted molar refractivity (Wildman–Crippen MR) is 77.2 cm³/mol. The Bertz CT molecular complexity index is 422. The normalized spacial score (nSPS) is 23.4. The lowest BCUT2D eigenvalue weighted by atomic mass is 9.78. The van der Waals surface area contributed by atoms with Gasteiger partial charge in [0.25, 0.3) is 0 Å². The molecule has 1 aliphatic rings. The number of methoxy groups -OCH3 is 1. The maximum Gasteiger partial charge on any atom is 0.242 e. The van der Waals surface area contributed by atoms with Gasteiger partial charge in [-0.3, -0.25) is 0 Å². The summed E-state index contributed by atoms with van der Waals surface area (Å²) in [5.74, 6) is 2.48. The van der Waals surface area contributed by atoms with Crippen LogP contribution in [0.2, 0.25) is 0 Å². The first-order valence-corrected chi connectivity index (χ1v) is 7.04. The van der Waals surface area contributed by atoms with Crippen molar-refractivity contribution in [3.63, 3.8) is 0 Å². The van der Waals surface area contributed by atoms with E-state index in [9.17, 15) is 0 Å². The van der Waals surface area contributed by atoms with E-state index >= 15 is 0 Å². The molecule has 0 spiro atoms. The first-order valence-electron chi connectivity index (χ1n) is 7.04. The monoisotopic (exact) mass is 264 g/mol. The topological polar surface area (TPSA) is 73.1 Å². The average molecular weight is 264 g/mol. The van der Waals surface area contributed by atoms with E-state index in [-0.39, 0.29) is 0 Å². The molecule has 1 aromatic heterocycles. The van der Waals surface area contributed by atoms with Gasteiger partial charge in [0.2, 0.25) is 5.88 Å². The lowest BCUT2D eigenvalue weighted by molar-refractivity contribution is 0.253. The lowest BCUT2D eigenvalue weighted by Gasteiger charge is -2.35. The summed E-state index contributed by atoms with van der Waals surface area (Å²) in [6.45, 7) is 4.57. The van der Waals surface area contributed by atoms with Crippen molar-refractivity contribution in [1.82, 2.24) is 9.97 Å². The minimum Gasteiger partial charge on any atom is -0.479 e. The molecule has 5 nitrogen and oxygen atoms in total. The van der Waals surface area contributed by atoms with Gasteiger partial charge in [0.05, 0.1) is 7.11 Å². The molecule has 3 N–H and O–H groups in total. The maximum absolute atomic E-state index is 6.02. The molecular weight excluding hydrogens is 240 g/mol. The van der Waals surface area contributed by atoms with Crippen LogP contribution in [0.25, 0.3) is 0 Å². The van der Waals surface area contributed by atoms with Gasteiger partial charge in [-0.15, -0.1) is 0 Å². The number of nitrogens with one attached hydrogen (secondary N) is 1. The molecule has 1 heterocycles. The molecule has 1 saturated carbocycles. The zero-order valence-corrected chi connectivity index (χ0v) is 12.0. The Labute approximate surface area is 115 Å². The standard InChI is InChI=1S/C14H24N4O/c1-9(2)10-6-4-5-7-11(10)18-13-12(15)14(19-3)17-8-16-13/h8-11H,4-7,15H2,1-3H3,(H,16,17,18). The molecule has 0 aliphatic heterocycles. The van der Waals surface area contributed by atoms with Crippen LogP contribution < -0.4 is 15.8 Å². The van der Waals surface area contributed by atoms with E-state index in [1.54, 1.807) is 7.11 Å². The fraction of sp³-hybridized carbons (Fsp3) is 0.714. The molecule has 19 heavy (non-hydrogen) atoms. The molecule has 0 radical (unpaired) electrons. The first-order chi connectivity index (χ1) is 9.13. The summed E-state index contributed by atoms with van der Waals surface area (Å²) in [4.78, 5) is 8.25. The van der Waals surface area contributed by atoms with Gasteiger partial charge >= 0.3 is 0 Å². The van der Waals surface area contributed by atoms with Gasteiger partial charge in [0.1, 0.15) is 12.0 Å². The van der Waals surface area contributed by atoms with Crippen molar-refractivity contribution in [2.75, 3.05) is 18.2 Å². The van der Waals surface area contributed by atoms with Gasteiger partial charge in [0.15, 0.2) is 5.82 Å². The SMILES string of the molecule is COc1ncnc(NC2CCCCC2C(C)C)c1N. The zero-order valence-electron chi connectivity index (χ0n) is 12.0. The molecule has 0 aromatic carbocycles. The third kappa shape index (κ3) is 3.08. The Hall–Kier alpha value is -1.52. The number of nitrogen functional groups attached to an aromatic ring is 1. The van der Waals surface area contributed by atoms with Crippen LogP contribution >= 0.6 is 0 Å². The Morgan fingerprint density at radius 3 is 2.74 bits per heavy atom. The van der Waals surface area contributed by atoms with Crippen LogP contribution in [0.3, 0.4) is 0 Å². The first kappa shape index (κ1) is 13.9. The van der Waals surface area contributed by atoms with Crippen molar-refractivity contribution in [3.8, 4) is 5.88 Å². The molecule has 1 fully saturated rings. The highest BCUT2D eigenvalue weighted by Crippen LogP contribution is 2.34. The number of ether oxygens (including phenoxy) is 1. The van der Waals surface area contributed by atoms with Crippen LogP contribution in [-0.2, 0) is 0 Å². The van der Waals surface area contributed by atoms with Crippen LogP contribution in [-0.4, -0.2) is 23.1 Å². The number of nitrogens with zero attached hydrogens (tertiary/aromatic N) is 2. The van der Waals surface area contributed by atoms with E-state index in [0.29, 0.717) is 35.3 Å². The van der Waals surface area contributed by atoms with Crippen molar-refractivity contribution in [3.05, 3.63) is 6.33 Å². The summed E-state index contributed by atoms with van der Waals surface area (Å²) >= 11 is 0. The number of anilines is 2. The Morgan fingerprint density at radius 2 is 2.05 bits per heavy atom. The molecule has 2 rings (SSSR count). The summed E-state index contributed by atoms with van der Waals surface area (Å²) in [7, 11) is 1.57. The predicted octanol–water partition coefficient (Wildman–Crippen LogP) is 2.69. The van der Waals surface area contributed by atoms with Gasteiger partial charge in [-0.1, -0.05) is 26.7 Å². The van der Waals surface area contributed by atoms with Gasteiger partial charge in [-0.2, -0.15) is 4.98 Å². The molecular formula is C14H24N4O. The second-order valence-corrected chi connectivity index (χ2v) is 5.59. The van der Waals surface area contributed by atoms with E-state index in [2.05, 4.69) is 29.1 Å². The highest BCUT2D eigenvalue weighted by molar-refractivity contribution is 5.66. The summed E-state index contributed by atoms with van der Waals surface area (Å²) < 4.78 is 5.13. The van der Waals surface area contributed by atoms with Gasteiger partial charge in [-0.25, -0.2) is 4.98 Å². The van der Waals surface area contributed by atoms with Gasteiger partial charge < -0.3 is 15.8 Å². The van der Waals surface area contributed by atoms with E-state index in [4.69, 9.17) is 10.5 Å². The molecule has 0 saturated heterocycles. The Kier molecular flexibility index (Phi) is 4.45. The van der Waals surface area contributed by atoms with Crippen molar-refractivity contribution in [2.45, 2.75) is 45.6 Å². The highest BCUT2D eigenvalue weighted by Gasteiger charge is 2.28. The van der Waals surface area contributed by atoms with E-state index in [1.165, 1.54) is 32.0 Å². The molecule has 2 atom stereocenters. The van der Waals surface area contributed by atoms with Crippen molar-refractivity contribution < 1.29 is 4.74 Å². The number of nitrogens with two attached hydrogens (primary N) is 1. The molecule has 106 valence electrons. The van der Waals surface area contributed by atoms with Crippen molar-refractivity contribution in [2.24, 2.45) is 11.8 Å². The number of aromatic nitrogens is 2. The molecule has 1 aliphatic carbocycles. The summed E-state index contributed by atoms with van der Waals surface area (Å²) in [5.41, 5.74) is 6.52. The Balaban J connectivity index is 2.15. The average Bonchev–Trinajstić information content (AvgIpc) is 2.41. The van der Waals surface area contributed by atoms with Gasteiger partial charge in [-0.05, 0) is 24.7 Å². The minimum atomic E-state index is 0.439. The van der Waals surface area contributed by atoms with Crippen LogP contribution in [0.1, 0.15) is 39.5 Å². The number of hydrogen-bond donors (Lipinski definition) is 2. The third-order valence-electron chi connectivity index (χ3n) is 4.04. The van der Waals surface area contributed by atoms with Crippen LogP contribution in [0.15, 0.2) is 6.33 Å². The fourth-order valence-electron chi connectivity index (χ4n) is 2.97. The lowest BCUT2D eigenvalue weighted by Crippen LogP contribution is -2.35. The third-order valence-corrected chi connectivity index (χ3v) is 4.04. The fourth-order valence-corrected chi connectivity index (χ4v) is 2.97. The number of hydrogen-bond acceptors (Lipinski definition) is 5. The molecule has 0 amide bonds. The molecule has 2 unspecified atom stereocenters. The van der Waals surface area contributed by atoms with Crippen LogP contribution in [0.4, 0.5) is 11.5 Å². The molecule has 5 heteroatoms. The van der Waals surface area contributed by atoms with E-state index in [0.717, 1.165) is 0 Å². The molecule has 0 bridgehead atoms. The maximum atomic E-state index is 6.02. The largest absolute Gasteiger partial charge is 0.479 e. The quantitative estimate of drug-likeness (QED) is 0.874. The smallest absolute Gasteiger partial charge is 0.242 e. The second-order valence-electron chi connectivity index (χ2n) is 5.59. The summed E-state index contributed by atoms with van der Waals surface area (Å²) in [5, 5.41) is 3.50. The van der Waals surface area contributed by atoms with Crippen molar-refractivity contribution in [1.29, 1.82) is 0 Å². The Morgan fingerprint density at radius 1 is 1.32 bits per heavy atom. The van der Waals surface area contributed by atoms with E-state index in [1.807, 2.05) is 0 Å². The second kappa shape index (κ2) is 6.08. The number of rotatable bonds is 4. The van der Waals surface area contributed by atoms with Gasteiger partial charge in [0, 0.05) is 6.04 Å². The van der Waals surface area contributed by atoms with Crippen LogP contribution in [0.5, 0.6) is 5.88 Å². The van der Waals surface area contributed by atoms with Crippen molar-refractivity contribution >= 4 is 11.5 Å². The highest BCUT2D eigenvalue weighted by atomic mass is 16.5. The van der Waals surface area contributed by atoms with Crippen LogP contribution in [0, 0.1) is 11.8 Å². The zero-order chi connectivity index (χ0) is 13.8. The minimum absolute atomic E-state index is 0.439. The summed E-state index contributed by atoms with van der Waals surface area (Å²) in [6.07, 6.45) is 6.53.